The number of nitrogen functional groups attached to an aromatic ring is 1. The molecule has 0 aliphatic heterocycles. The molecule has 0 radical (unpaired) electrons. The average Bonchev–Trinajstić information content (AvgIpc) is 2.19. The van der Waals surface area contributed by atoms with Crippen molar-refractivity contribution in [3.8, 4) is 0 Å². The summed E-state index contributed by atoms with van der Waals surface area (Å²) in [5.74, 6) is 0.641. The van der Waals surface area contributed by atoms with Crippen molar-refractivity contribution in [2.45, 2.75) is 38.5 Å². The van der Waals surface area contributed by atoms with Crippen molar-refractivity contribution in [2.24, 2.45) is 5.41 Å². The van der Waals surface area contributed by atoms with Crippen molar-refractivity contribution in [3.05, 3.63) is 23.2 Å². The number of halogens is 1. The van der Waals surface area contributed by atoms with E-state index in [1.807, 2.05) is 0 Å². The maximum Gasteiger partial charge on any atom is 0.0632 e. The largest absolute Gasteiger partial charge is 0.398 e. The molecule has 1 atom stereocenters. The smallest absolute Gasteiger partial charge is 0.0632 e. The van der Waals surface area contributed by atoms with Crippen LogP contribution in [-0.4, -0.2) is 9.96 Å². The Morgan fingerprint density at radius 3 is 2.59 bits per heavy atom. The van der Waals surface area contributed by atoms with E-state index >= 15 is 0 Å². The third-order valence-electron chi connectivity index (χ3n) is 2.48. The zero-order chi connectivity index (χ0) is 13.1. The van der Waals surface area contributed by atoms with Crippen molar-refractivity contribution >= 4 is 28.1 Å². The molecular weight excluding hydrogens is 254 g/mol. The second kappa shape index (κ2) is 5.87. The van der Waals surface area contributed by atoms with Crippen LogP contribution in [0.1, 0.15) is 33.6 Å². The van der Waals surface area contributed by atoms with Gasteiger partial charge in [-0.3, -0.25) is 4.21 Å². The minimum absolute atomic E-state index is 0.282. The Hall–Kier alpha value is -0.540. The fraction of sp³-hybridized carbons (Fsp3) is 0.538. The van der Waals surface area contributed by atoms with Crippen molar-refractivity contribution in [2.75, 3.05) is 11.5 Å². The molecule has 2 nitrogen and oxygen atoms in total. The highest BCUT2D eigenvalue weighted by atomic mass is 35.5. The van der Waals surface area contributed by atoms with Crippen LogP contribution in [0, 0.1) is 5.41 Å². The van der Waals surface area contributed by atoms with Crippen LogP contribution >= 0.6 is 11.6 Å². The molecule has 1 unspecified atom stereocenters. The van der Waals surface area contributed by atoms with Crippen molar-refractivity contribution in [3.63, 3.8) is 0 Å². The van der Waals surface area contributed by atoms with Crippen LogP contribution in [0.5, 0.6) is 0 Å². The van der Waals surface area contributed by atoms with Gasteiger partial charge in [-0.2, -0.15) is 0 Å². The van der Waals surface area contributed by atoms with Gasteiger partial charge < -0.3 is 5.73 Å². The minimum Gasteiger partial charge on any atom is -0.398 e. The summed E-state index contributed by atoms with van der Waals surface area (Å²) in [6, 6.07) is 5.12. The molecule has 4 heteroatoms. The monoisotopic (exact) mass is 273 g/mol. The van der Waals surface area contributed by atoms with E-state index in [0.29, 0.717) is 21.4 Å². The van der Waals surface area contributed by atoms with Gasteiger partial charge in [0, 0.05) is 16.5 Å². The van der Waals surface area contributed by atoms with Crippen LogP contribution < -0.4 is 5.73 Å². The van der Waals surface area contributed by atoms with Gasteiger partial charge in [-0.05, 0) is 36.5 Å². The summed E-state index contributed by atoms with van der Waals surface area (Å²) in [6.45, 7) is 6.55. The first kappa shape index (κ1) is 14.5. The molecular formula is C13H20ClNOS. The van der Waals surface area contributed by atoms with Gasteiger partial charge in [0.05, 0.1) is 15.7 Å². The Morgan fingerprint density at radius 1 is 1.35 bits per heavy atom. The Bertz CT molecular complexity index is 412. The van der Waals surface area contributed by atoms with Gasteiger partial charge in [0.25, 0.3) is 0 Å². The summed E-state index contributed by atoms with van der Waals surface area (Å²) >= 11 is 5.88. The minimum atomic E-state index is -1.05. The summed E-state index contributed by atoms with van der Waals surface area (Å²) in [6.07, 6.45) is 1.99. The molecule has 1 aromatic rings. The Kier molecular flexibility index (Phi) is 5.02. The maximum absolute atomic E-state index is 12.1. The number of benzene rings is 1. The quantitative estimate of drug-likeness (QED) is 0.847. The predicted molar refractivity (Wildman–Crippen MR) is 75.8 cm³/mol. The van der Waals surface area contributed by atoms with E-state index in [9.17, 15) is 4.21 Å². The highest BCUT2D eigenvalue weighted by molar-refractivity contribution is 7.85. The second-order valence-electron chi connectivity index (χ2n) is 5.40. The fourth-order valence-corrected chi connectivity index (χ4v) is 3.00. The Balaban J connectivity index is 2.61. The predicted octanol–water partition coefficient (Wildman–Crippen LogP) is 3.86. The van der Waals surface area contributed by atoms with E-state index in [1.165, 1.54) is 0 Å². The van der Waals surface area contributed by atoms with Gasteiger partial charge in [0.2, 0.25) is 0 Å². The second-order valence-corrected chi connectivity index (χ2v) is 7.37. The molecule has 96 valence electrons. The Labute approximate surface area is 111 Å². The molecule has 0 aromatic heterocycles. The first-order valence-electron chi connectivity index (χ1n) is 5.73. The SMILES string of the molecule is CC(C)(C)CCCS(=O)c1cc(Cl)ccc1N. The van der Waals surface area contributed by atoms with Gasteiger partial charge in [0.1, 0.15) is 0 Å². The highest BCUT2D eigenvalue weighted by Gasteiger charge is 2.13. The summed E-state index contributed by atoms with van der Waals surface area (Å²) in [5, 5.41) is 0.582. The van der Waals surface area contributed by atoms with Crippen molar-refractivity contribution in [1.29, 1.82) is 0 Å². The van der Waals surface area contributed by atoms with Gasteiger partial charge in [0.15, 0.2) is 0 Å². The van der Waals surface area contributed by atoms with Gasteiger partial charge in [-0.15, -0.1) is 0 Å². The Morgan fingerprint density at radius 2 is 2.00 bits per heavy atom. The summed E-state index contributed by atoms with van der Waals surface area (Å²) in [5.41, 5.74) is 6.64. The van der Waals surface area contributed by atoms with Gasteiger partial charge in [-0.1, -0.05) is 32.4 Å². The number of hydrogen-bond donors (Lipinski definition) is 1. The molecule has 0 aliphatic rings. The van der Waals surface area contributed by atoms with Crippen molar-refractivity contribution in [1.82, 2.24) is 0 Å². The normalized spacial score (nSPS) is 13.6. The number of nitrogens with two attached hydrogens (primary N) is 1. The third kappa shape index (κ3) is 5.09. The van der Waals surface area contributed by atoms with Crippen LogP contribution in [0.3, 0.4) is 0 Å². The van der Waals surface area contributed by atoms with E-state index < -0.39 is 10.8 Å². The molecule has 0 amide bonds. The van der Waals surface area contributed by atoms with E-state index in [4.69, 9.17) is 17.3 Å². The lowest BCUT2D eigenvalue weighted by Gasteiger charge is -2.17. The maximum atomic E-state index is 12.1. The third-order valence-corrected chi connectivity index (χ3v) is 4.22. The first-order valence-corrected chi connectivity index (χ1v) is 7.43. The topological polar surface area (TPSA) is 43.1 Å². The van der Waals surface area contributed by atoms with Crippen LogP contribution in [0.25, 0.3) is 0 Å². The fourth-order valence-electron chi connectivity index (χ4n) is 1.55. The lowest BCUT2D eigenvalue weighted by Crippen LogP contribution is -2.08. The number of hydrogen-bond acceptors (Lipinski definition) is 2. The van der Waals surface area contributed by atoms with E-state index in [0.717, 1.165) is 12.8 Å². The summed E-state index contributed by atoms with van der Waals surface area (Å²) in [4.78, 5) is 0.659. The summed E-state index contributed by atoms with van der Waals surface area (Å²) < 4.78 is 12.1. The van der Waals surface area contributed by atoms with E-state index in [2.05, 4.69) is 20.8 Å². The standard InChI is InChI=1S/C13H20ClNOS/c1-13(2,3)7-4-8-17(16)12-9-10(14)5-6-11(12)15/h5-6,9H,4,7-8,15H2,1-3H3. The zero-order valence-electron chi connectivity index (χ0n) is 10.6. The molecule has 1 rings (SSSR count). The zero-order valence-corrected chi connectivity index (χ0v) is 12.2. The lowest BCUT2D eigenvalue weighted by molar-refractivity contribution is 0.374. The van der Waals surface area contributed by atoms with Crippen LogP contribution in [-0.2, 0) is 10.8 Å². The highest BCUT2D eigenvalue weighted by Crippen LogP contribution is 2.24. The molecule has 0 saturated heterocycles. The van der Waals surface area contributed by atoms with Crippen LogP contribution in [0.15, 0.2) is 23.1 Å². The van der Waals surface area contributed by atoms with E-state index in [1.54, 1.807) is 18.2 Å². The molecule has 0 aliphatic carbocycles. The average molecular weight is 274 g/mol. The lowest BCUT2D eigenvalue weighted by atomic mass is 9.91. The molecule has 0 spiro atoms. The molecule has 2 N–H and O–H groups in total. The summed E-state index contributed by atoms with van der Waals surface area (Å²) in [7, 11) is -1.05. The number of rotatable bonds is 4. The van der Waals surface area contributed by atoms with Crippen LogP contribution in [0.2, 0.25) is 5.02 Å². The molecule has 0 heterocycles. The first-order chi connectivity index (χ1) is 7.79. The molecule has 0 bridgehead atoms. The van der Waals surface area contributed by atoms with E-state index in [-0.39, 0.29) is 5.41 Å². The molecule has 17 heavy (non-hydrogen) atoms. The van der Waals surface area contributed by atoms with Gasteiger partial charge >= 0.3 is 0 Å². The number of anilines is 1. The van der Waals surface area contributed by atoms with Crippen LogP contribution in [0.4, 0.5) is 5.69 Å². The van der Waals surface area contributed by atoms with Crippen molar-refractivity contribution < 1.29 is 4.21 Å². The molecule has 0 saturated carbocycles. The molecule has 1 aromatic carbocycles. The van der Waals surface area contributed by atoms with Gasteiger partial charge in [-0.25, -0.2) is 0 Å². The molecule has 0 fully saturated rings.